The van der Waals surface area contributed by atoms with E-state index in [4.69, 9.17) is 28.1 Å². The maximum Gasteiger partial charge on any atom is 0.204 e. The predicted molar refractivity (Wildman–Crippen MR) is 67.4 cm³/mol. The highest BCUT2D eigenvalue weighted by molar-refractivity contribution is 7.33. The van der Waals surface area contributed by atoms with E-state index in [9.17, 15) is 0 Å². The lowest BCUT2D eigenvalue weighted by atomic mass is 10.3. The highest BCUT2D eigenvalue weighted by Gasteiger charge is 2.10. The van der Waals surface area contributed by atoms with Crippen LogP contribution < -0.4 is 4.74 Å². The molecule has 1 aromatic carbocycles. The Bertz CT molecular complexity index is 486. The Hall–Kier alpha value is -1.04. The number of benzene rings is 1. The summed E-state index contributed by atoms with van der Waals surface area (Å²) in [5, 5.41) is 5.05. The Morgan fingerprint density at radius 1 is 1.31 bits per heavy atom. The number of aromatic amines is 2. The quantitative estimate of drug-likeness (QED) is 0.809. The van der Waals surface area contributed by atoms with Crippen molar-refractivity contribution in [3.63, 3.8) is 0 Å². The van der Waals surface area contributed by atoms with Crippen LogP contribution in [0.5, 0.6) is 5.75 Å². The molecule has 0 saturated heterocycles. The number of hydrogen-bond acceptors (Lipinski definition) is 1. The molecule has 0 aliphatic rings. The molecule has 2 aromatic rings. The number of ether oxygens (including phenoxy) is 1. The summed E-state index contributed by atoms with van der Waals surface area (Å²) in [7, 11) is 1.29. The maximum atomic E-state index is 5.88. The molecule has 0 aliphatic carbocycles. The first-order valence-electron chi connectivity index (χ1n) is 4.42. The van der Waals surface area contributed by atoms with E-state index in [1.165, 1.54) is 4.32 Å². The van der Waals surface area contributed by atoms with Crippen molar-refractivity contribution in [3.8, 4) is 10.6 Å². The van der Waals surface area contributed by atoms with Crippen molar-refractivity contribution in [1.82, 2.24) is 13.9 Å². The van der Waals surface area contributed by atoms with Crippen LogP contribution in [0.1, 0.15) is 0 Å². The fourth-order valence-corrected chi connectivity index (χ4v) is 3.11. The first kappa shape index (κ1) is 11.4. The summed E-state index contributed by atoms with van der Waals surface area (Å²) >= 11 is 11.7. The van der Waals surface area contributed by atoms with Crippen molar-refractivity contribution >= 4 is 34.0 Å². The highest BCUT2D eigenvalue weighted by Crippen LogP contribution is 2.29. The molecule has 2 rings (SSSR count). The minimum Gasteiger partial charge on any atom is -0.497 e. The van der Waals surface area contributed by atoms with E-state index in [0.717, 1.165) is 10.6 Å². The summed E-state index contributed by atoms with van der Waals surface area (Å²) in [6, 6.07) is 7.72. The summed E-state index contributed by atoms with van der Waals surface area (Å²) in [4.78, 5) is 1.08. The molecule has 2 N–H and O–H groups in total. The molecular formula is C9H10Cl2N3OS+. The van der Waals surface area contributed by atoms with E-state index < -0.39 is 0 Å². The van der Waals surface area contributed by atoms with Crippen molar-refractivity contribution < 1.29 is 4.74 Å². The van der Waals surface area contributed by atoms with Crippen LogP contribution >= 0.6 is 34.0 Å². The summed E-state index contributed by atoms with van der Waals surface area (Å²) in [6.07, 6.45) is 0. The lowest BCUT2D eigenvalue weighted by Crippen LogP contribution is -1.95. The fourth-order valence-electron chi connectivity index (χ4n) is 1.20. The van der Waals surface area contributed by atoms with Crippen LogP contribution in [0.15, 0.2) is 29.6 Å². The zero-order valence-corrected chi connectivity index (χ0v) is 10.7. The van der Waals surface area contributed by atoms with Gasteiger partial charge >= 0.3 is 0 Å². The van der Waals surface area contributed by atoms with Crippen LogP contribution in [0.2, 0.25) is 5.15 Å². The molecule has 1 unspecified atom stereocenters. The number of hydrogen-bond donors (Lipinski definition) is 2. The van der Waals surface area contributed by atoms with Crippen LogP contribution in [0.25, 0.3) is 4.90 Å². The Labute approximate surface area is 105 Å². The molecule has 1 aromatic heterocycles. The van der Waals surface area contributed by atoms with Crippen LogP contribution in [0, 0.1) is 0 Å². The summed E-state index contributed by atoms with van der Waals surface area (Å²) < 4.78 is 9.32. The van der Waals surface area contributed by atoms with Crippen LogP contribution in [-0.4, -0.2) is 21.0 Å². The zero-order chi connectivity index (χ0) is 11.5. The zero-order valence-electron chi connectivity index (χ0n) is 8.41. The Balaban J connectivity index is 2.42. The van der Waals surface area contributed by atoms with E-state index in [2.05, 4.69) is 9.59 Å². The number of aromatic nitrogens is 3. The van der Waals surface area contributed by atoms with Gasteiger partial charge in [0.05, 0.1) is 18.9 Å². The number of methoxy groups -OCH3 is 1. The van der Waals surface area contributed by atoms with E-state index in [0.29, 0.717) is 5.15 Å². The molecule has 7 heteroatoms. The minimum atomic E-state index is -0.347. The second-order valence-corrected chi connectivity index (χ2v) is 5.27. The smallest absolute Gasteiger partial charge is 0.204 e. The van der Waals surface area contributed by atoms with Crippen LogP contribution in [0.4, 0.5) is 0 Å². The summed E-state index contributed by atoms with van der Waals surface area (Å²) in [5.74, 6) is 0.820. The SMILES string of the molecule is COc1ccc(-[s+]2cc(Cl)[nH]n(Cl)[nH]2)cc1. The van der Waals surface area contributed by atoms with E-state index in [1.807, 2.05) is 29.6 Å². The van der Waals surface area contributed by atoms with Crippen molar-refractivity contribution in [3.05, 3.63) is 34.8 Å². The fraction of sp³-hybridized carbons (Fsp3) is 0.111. The standard InChI is InChI=1S/C9H10Cl2N3OS/c1-15-7-2-4-8(5-3-7)16-6-9(10)12-14(11)13-16/h2-6,12-13H,1H3/q+1. The number of rotatable bonds is 2. The van der Waals surface area contributed by atoms with Gasteiger partial charge in [0.2, 0.25) is 10.3 Å². The van der Waals surface area contributed by atoms with Crippen molar-refractivity contribution in [2.24, 2.45) is 0 Å². The summed E-state index contributed by atoms with van der Waals surface area (Å²) in [5.41, 5.74) is 0. The Morgan fingerprint density at radius 3 is 2.56 bits per heavy atom. The average molecular weight is 279 g/mol. The van der Waals surface area contributed by atoms with Crippen molar-refractivity contribution in [2.75, 3.05) is 7.11 Å². The molecular weight excluding hydrogens is 269 g/mol. The third-order valence-corrected chi connectivity index (χ3v) is 4.14. The Kier molecular flexibility index (Phi) is 3.48. The monoisotopic (exact) mass is 278 g/mol. The van der Waals surface area contributed by atoms with Gasteiger partial charge in [0.15, 0.2) is 5.15 Å². The molecule has 0 bridgehead atoms. The third kappa shape index (κ3) is 2.55. The molecule has 0 radical (unpaired) electrons. The molecule has 86 valence electrons. The van der Waals surface area contributed by atoms with Crippen molar-refractivity contribution in [2.45, 2.75) is 0 Å². The van der Waals surface area contributed by atoms with Gasteiger partial charge in [0.1, 0.15) is 16.4 Å². The van der Waals surface area contributed by atoms with Gasteiger partial charge in [-0.3, -0.25) is 5.10 Å². The molecule has 1 heterocycles. The topological polar surface area (TPSA) is 45.7 Å². The van der Waals surface area contributed by atoms with Crippen LogP contribution in [0.3, 0.4) is 0 Å². The molecule has 1 atom stereocenters. The van der Waals surface area contributed by atoms with E-state index in [1.54, 1.807) is 7.11 Å². The lowest BCUT2D eigenvalue weighted by Gasteiger charge is -1.99. The third-order valence-electron chi connectivity index (χ3n) is 1.92. The molecule has 0 saturated carbocycles. The molecule has 4 nitrogen and oxygen atoms in total. The van der Waals surface area contributed by atoms with Gasteiger partial charge in [0, 0.05) is 12.1 Å². The van der Waals surface area contributed by atoms with E-state index >= 15 is 0 Å². The van der Waals surface area contributed by atoms with Gasteiger partial charge in [-0.15, -0.1) is 0 Å². The normalized spacial score (nSPS) is 11.3. The second kappa shape index (κ2) is 4.86. The van der Waals surface area contributed by atoms with Gasteiger partial charge < -0.3 is 4.74 Å². The van der Waals surface area contributed by atoms with Gasteiger partial charge in [-0.05, 0) is 12.1 Å². The highest BCUT2D eigenvalue weighted by atomic mass is 35.5. The largest absolute Gasteiger partial charge is 0.497 e. The van der Waals surface area contributed by atoms with Crippen molar-refractivity contribution in [1.29, 1.82) is 0 Å². The molecule has 0 aliphatic heterocycles. The maximum absolute atomic E-state index is 5.88. The van der Waals surface area contributed by atoms with Gasteiger partial charge in [0.25, 0.3) is 0 Å². The number of nitrogens with one attached hydrogen (secondary N) is 2. The molecule has 16 heavy (non-hydrogen) atoms. The summed E-state index contributed by atoms with van der Waals surface area (Å²) in [6.45, 7) is 0. The van der Waals surface area contributed by atoms with Gasteiger partial charge in [-0.2, -0.15) is 0 Å². The number of H-pyrrole nitrogens is 2. The first-order chi connectivity index (χ1) is 7.69. The lowest BCUT2D eigenvalue weighted by molar-refractivity contribution is 0.415. The Morgan fingerprint density at radius 2 is 2.00 bits per heavy atom. The number of halogens is 2. The number of nitrogens with zero attached hydrogens (tertiary/aromatic N) is 1. The second-order valence-electron chi connectivity index (χ2n) is 2.96. The average Bonchev–Trinajstić information content (AvgIpc) is 2.28. The van der Waals surface area contributed by atoms with Crippen LogP contribution in [-0.2, 0) is 0 Å². The molecule has 0 fully saturated rings. The first-order valence-corrected chi connectivity index (χ1v) is 6.43. The van der Waals surface area contributed by atoms with E-state index in [-0.39, 0.29) is 10.7 Å². The van der Waals surface area contributed by atoms with Gasteiger partial charge in [-0.1, -0.05) is 20.4 Å². The minimum absolute atomic E-state index is 0.347. The van der Waals surface area contributed by atoms with Gasteiger partial charge in [-0.25, -0.2) is 0 Å². The predicted octanol–water partition coefficient (Wildman–Crippen LogP) is 3.67. The molecule has 0 amide bonds. The molecule has 0 spiro atoms.